The number of nitrogens with zero attached hydrogens (tertiary/aromatic N) is 1. The lowest BCUT2D eigenvalue weighted by atomic mass is 10.0. The number of halogens is 4. The van der Waals surface area contributed by atoms with Crippen molar-refractivity contribution in [1.82, 2.24) is 10.3 Å². The molecule has 0 unspecified atom stereocenters. The summed E-state index contributed by atoms with van der Waals surface area (Å²) in [5.74, 6) is -1.71. The first kappa shape index (κ1) is 21.8. The summed E-state index contributed by atoms with van der Waals surface area (Å²) in [7, 11) is 0. The van der Waals surface area contributed by atoms with Crippen LogP contribution < -0.4 is 5.32 Å². The van der Waals surface area contributed by atoms with Crippen LogP contribution in [-0.2, 0) is 11.0 Å². The zero-order chi connectivity index (χ0) is 21.9. The van der Waals surface area contributed by atoms with Gasteiger partial charge < -0.3 is 10.4 Å². The van der Waals surface area contributed by atoms with Gasteiger partial charge in [0.25, 0.3) is 5.91 Å². The second-order valence-corrected chi connectivity index (χ2v) is 7.59. The molecule has 1 atom stereocenters. The molecule has 0 saturated heterocycles. The SMILES string of the molecule is O=C(O)C[C@H](NC(=O)c1csc(-c2ccc(C(F)(F)F)cc2)n1)c1cccc(Cl)c1. The van der Waals surface area contributed by atoms with E-state index < -0.39 is 29.7 Å². The van der Waals surface area contributed by atoms with Gasteiger partial charge in [0.2, 0.25) is 0 Å². The molecular weight excluding hydrogens is 441 g/mol. The fourth-order valence-electron chi connectivity index (χ4n) is 2.69. The molecular formula is C20H14ClF3N2O3S. The van der Waals surface area contributed by atoms with Crippen molar-refractivity contribution in [1.29, 1.82) is 0 Å². The molecule has 2 aromatic carbocycles. The van der Waals surface area contributed by atoms with Gasteiger partial charge >= 0.3 is 12.1 Å². The molecule has 10 heteroatoms. The number of aliphatic carboxylic acids is 1. The largest absolute Gasteiger partial charge is 0.481 e. The smallest absolute Gasteiger partial charge is 0.416 e. The van der Waals surface area contributed by atoms with E-state index in [-0.39, 0.29) is 12.1 Å². The predicted molar refractivity (Wildman–Crippen MR) is 106 cm³/mol. The molecule has 156 valence electrons. The third-order valence-electron chi connectivity index (χ3n) is 4.13. The van der Waals surface area contributed by atoms with Crippen molar-refractivity contribution in [2.45, 2.75) is 18.6 Å². The van der Waals surface area contributed by atoms with Gasteiger partial charge in [0, 0.05) is 16.0 Å². The van der Waals surface area contributed by atoms with Crippen LogP contribution in [0, 0.1) is 0 Å². The van der Waals surface area contributed by atoms with Gasteiger partial charge in [-0.05, 0) is 29.8 Å². The molecule has 30 heavy (non-hydrogen) atoms. The highest BCUT2D eigenvalue weighted by molar-refractivity contribution is 7.13. The summed E-state index contributed by atoms with van der Waals surface area (Å²) in [5.41, 5.74) is 0.214. The van der Waals surface area contributed by atoms with Crippen LogP contribution in [0.4, 0.5) is 13.2 Å². The van der Waals surface area contributed by atoms with E-state index in [9.17, 15) is 22.8 Å². The Morgan fingerprint density at radius 3 is 2.47 bits per heavy atom. The van der Waals surface area contributed by atoms with Crippen molar-refractivity contribution in [3.8, 4) is 10.6 Å². The van der Waals surface area contributed by atoms with E-state index in [1.165, 1.54) is 17.5 Å². The zero-order valence-corrected chi connectivity index (χ0v) is 16.7. The average Bonchev–Trinajstić information content (AvgIpc) is 3.17. The number of amides is 1. The van der Waals surface area contributed by atoms with E-state index in [0.717, 1.165) is 23.5 Å². The van der Waals surface area contributed by atoms with E-state index in [4.69, 9.17) is 16.7 Å². The highest BCUT2D eigenvalue weighted by Crippen LogP contribution is 2.32. The van der Waals surface area contributed by atoms with Crippen LogP contribution in [0.3, 0.4) is 0 Å². The molecule has 0 aliphatic heterocycles. The molecule has 3 aromatic rings. The summed E-state index contributed by atoms with van der Waals surface area (Å²) in [4.78, 5) is 27.9. The van der Waals surface area contributed by atoms with Gasteiger partial charge in [-0.3, -0.25) is 9.59 Å². The number of benzene rings is 2. The Labute approximate surface area is 178 Å². The summed E-state index contributed by atoms with van der Waals surface area (Å²) in [6.45, 7) is 0. The van der Waals surface area contributed by atoms with Crippen molar-refractivity contribution < 1.29 is 27.9 Å². The summed E-state index contributed by atoms with van der Waals surface area (Å²) in [6, 6.07) is 10.1. The molecule has 5 nitrogen and oxygen atoms in total. The first-order valence-corrected chi connectivity index (χ1v) is 9.80. The normalized spacial score (nSPS) is 12.4. The third-order valence-corrected chi connectivity index (χ3v) is 5.26. The molecule has 0 bridgehead atoms. The number of hydrogen-bond donors (Lipinski definition) is 2. The molecule has 0 fully saturated rings. The Morgan fingerprint density at radius 1 is 1.17 bits per heavy atom. The van der Waals surface area contributed by atoms with Gasteiger partial charge in [-0.15, -0.1) is 11.3 Å². The molecule has 0 saturated carbocycles. The van der Waals surface area contributed by atoms with E-state index >= 15 is 0 Å². The number of aromatic nitrogens is 1. The van der Waals surface area contributed by atoms with Crippen molar-refractivity contribution >= 4 is 34.8 Å². The van der Waals surface area contributed by atoms with Crippen LogP contribution in [0.1, 0.15) is 34.1 Å². The van der Waals surface area contributed by atoms with Crippen LogP contribution in [0.5, 0.6) is 0 Å². The number of thiazole rings is 1. The standard InChI is InChI=1S/C20H14ClF3N2O3S/c21-14-3-1-2-12(8-14)15(9-17(27)28)25-18(29)16-10-30-19(26-16)11-4-6-13(7-5-11)20(22,23)24/h1-8,10,15H,9H2,(H,25,29)(H,27,28)/t15-/m0/s1. The summed E-state index contributed by atoms with van der Waals surface area (Å²) >= 11 is 7.04. The van der Waals surface area contributed by atoms with E-state index in [1.807, 2.05) is 0 Å². The first-order chi connectivity index (χ1) is 14.1. The number of carboxylic acid groups (broad SMARTS) is 1. The second kappa shape index (κ2) is 8.85. The highest BCUT2D eigenvalue weighted by Gasteiger charge is 2.30. The lowest BCUT2D eigenvalue weighted by Crippen LogP contribution is -2.30. The van der Waals surface area contributed by atoms with Gasteiger partial charge in [0.15, 0.2) is 0 Å². The summed E-state index contributed by atoms with van der Waals surface area (Å²) < 4.78 is 38.1. The molecule has 1 aromatic heterocycles. The third kappa shape index (κ3) is 5.37. The molecule has 0 aliphatic rings. The minimum Gasteiger partial charge on any atom is -0.481 e. The predicted octanol–water partition coefficient (Wildman–Crippen LogP) is 5.43. The number of hydrogen-bond acceptors (Lipinski definition) is 4. The molecule has 1 amide bonds. The summed E-state index contributed by atoms with van der Waals surface area (Å²) in [5, 5.41) is 14.0. The molecule has 2 N–H and O–H groups in total. The minimum atomic E-state index is -4.44. The monoisotopic (exact) mass is 454 g/mol. The minimum absolute atomic E-state index is 0.0346. The van der Waals surface area contributed by atoms with Gasteiger partial charge in [0.1, 0.15) is 10.7 Å². The van der Waals surface area contributed by atoms with E-state index in [1.54, 1.807) is 24.3 Å². The Balaban J connectivity index is 1.78. The van der Waals surface area contributed by atoms with Crippen LogP contribution in [0.2, 0.25) is 5.02 Å². The van der Waals surface area contributed by atoms with Crippen LogP contribution in [0.15, 0.2) is 53.9 Å². The average molecular weight is 455 g/mol. The van der Waals surface area contributed by atoms with Gasteiger partial charge in [-0.1, -0.05) is 35.9 Å². The quantitative estimate of drug-likeness (QED) is 0.520. The molecule has 0 aliphatic carbocycles. The number of alkyl halides is 3. The van der Waals surface area contributed by atoms with Gasteiger partial charge in [0.05, 0.1) is 18.0 Å². The van der Waals surface area contributed by atoms with Gasteiger partial charge in [-0.25, -0.2) is 4.98 Å². The Hall–Kier alpha value is -2.91. The van der Waals surface area contributed by atoms with Crippen LogP contribution >= 0.6 is 22.9 Å². The molecule has 0 spiro atoms. The maximum absolute atomic E-state index is 12.7. The highest BCUT2D eigenvalue weighted by atomic mass is 35.5. The van der Waals surface area contributed by atoms with E-state index in [0.29, 0.717) is 21.2 Å². The fraction of sp³-hybridized carbons (Fsp3) is 0.150. The second-order valence-electron chi connectivity index (χ2n) is 6.29. The Morgan fingerprint density at radius 2 is 1.87 bits per heavy atom. The number of rotatable bonds is 6. The number of nitrogens with one attached hydrogen (secondary N) is 1. The van der Waals surface area contributed by atoms with Crippen molar-refractivity contribution in [2.75, 3.05) is 0 Å². The Kier molecular flexibility index (Phi) is 6.42. The number of carboxylic acids is 1. The number of carbonyl (C=O) groups excluding carboxylic acids is 1. The molecule has 1 heterocycles. The Bertz CT molecular complexity index is 1070. The van der Waals surface area contributed by atoms with Crippen molar-refractivity contribution in [3.05, 3.63) is 75.8 Å². The van der Waals surface area contributed by atoms with E-state index in [2.05, 4.69) is 10.3 Å². The molecule has 3 rings (SSSR count). The van der Waals surface area contributed by atoms with Crippen molar-refractivity contribution in [2.24, 2.45) is 0 Å². The lowest BCUT2D eigenvalue weighted by Gasteiger charge is -2.17. The lowest BCUT2D eigenvalue weighted by molar-refractivity contribution is -0.138. The molecule has 0 radical (unpaired) electrons. The summed E-state index contributed by atoms with van der Waals surface area (Å²) in [6.07, 6.45) is -4.80. The van der Waals surface area contributed by atoms with Crippen LogP contribution in [-0.4, -0.2) is 22.0 Å². The van der Waals surface area contributed by atoms with Crippen LogP contribution in [0.25, 0.3) is 10.6 Å². The fourth-order valence-corrected chi connectivity index (χ4v) is 3.70. The van der Waals surface area contributed by atoms with Gasteiger partial charge in [-0.2, -0.15) is 13.2 Å². The zero-order valence-electron chi connectivity index (χ0n) is 15.1. The topological polar surface area (TPSA) is 79.3 Å². The van der Waals surface area contributed by atoms with Crippen molar-refractivity contribution in [3.63, 3.8) is 0 Å². The maximum Gasteiger partial charge on any atom is 0.416 e. The first-order valence-electron chi connectivity index (χ1n) is 8.55. The number of carbonyl (C=O) groups is 2. The maximum atomic E-state index is 12.7.